The molecule has 1 aliphatic rings. The van der Waals surface area contributed by atoms with Gasteiger partial charge in [-0.1, -0.05) is 19.4 Å². The monoisotopic (exact) mass is 210 g/mol. The van der Waals surface area contributed by atoms with Crippen LogP contribution in [0.2, 0.25) is 0 Å². The SMILES string of the molecule is C=CCNCC(=O)N(CCCC)C1CC1. The van der Waals surface area contributed by atoms with Crippen molar-refractivity contribution in [2.24, 2.45) is 0 Å². The summed E-state index contributed by atoms with van der Waals surface area (Å²) in [6, 6.07) is 0.537. The van der Waals surface area contributed by atoms with Gasteiger partial charge < -0.3 is 10.2 Å². The highest BCUT2D eigenvalue weighted by atomic mass is 16.2. The maximum atomic E-state index is 11.8. The first-order chi connectivity index (χ1) is 7.29. The molecule has 1 N–H and O–H groups in total. The molecule has 1 aliphatic carbocycles. The summed E-state index contributed by atoms with van der Waals surface area (Å²) in [6.07, 6.45) is 6.43. The molecule has 0 aliphatic heterocycles. The number of carbonyl (C=O) groups is 1. The van der Waals surface area contributed by atoms with Gasteiger partial charge >= 0.3 is 0 Å². The highest BCUT2D eigenvalue weighted by molar-refractivity contribution is 5.78. The lowest BCUT2D eigenvalue weighted by atomic mass is 10.3. The predicted octanol–water partition coefficient (Wildman–Crippen LogP) is 1.55. The summed E-state index contributed by atoms with van der Waals surface area (Å²) in [5.74, 6) is 0.243. The molecular formula is C12H22N2O. The summed E-state index contributed by atoms with van der Waals surface area (Å²) in [4.78, 5) is 13.9. The minimum Gasteiger partial charge on any atom is -0.339 e. The Morgan fingerprint density at radius 1 is 1.60 bits per heavy atom. The van der Waals surface area contributed by atoms with Crippen molar-refractivity contribution in [2.75, 3.05) is 19.6 Å². The van der Waals surface area contributed by atoms with Crippen LogP contribution in [0.1, 0.15) is 32.6 Å². The van der Waals surface area contributed by atoms with E-state index in [1.165, 1.54) is 12.8 Å². The van der Waals surface area contributed by atoms with Gasteiger partial charge in [0.05, 0.1) is 6.54 Å². The van der Waals surface area contributed by atoms with E-state index in [9.17, 15) is 4.79 Å². The van der Waals surface area contributed by atoms with Crippen LogP contribution in [0.3, 0.4) is 0 Å². The van der Waals surface area contributed by atoms with Crippen LogP contribution in [0.15, 0.2) is 12.7 Å². The Morgan fingerprint density at radius 2 is 2.33 bits per heavy atom. The Morgan fingerprint density at radius 3 is 2.87 bits per heavy atom. The van der Waals surface area contributed by atoms with E-state index in [-0.39, 0.29) is 5.91 Å². The van der Waals surface area contributed by atoms with Gasteiger partial charge in [-0.15, -0.1) is 6.58 Å². The first-order valence-corrected chi connectivity index (χ1v) is 5.90. The van der Waals surface area contributed by atoms with Gasteiger partial charge in [0.1, 0.15) is 0 Å². The molecule has 0 spiro atoms. The van der Waals surface area contributed by atoms with Crippen LogP contribution in [0.4, 0.5) is 0 Å². The fraction of sp³-hybridized carbons (Fsp3) is 0.750. The van der Waals surface area contributed by atoms with Crippen LogP contribution in [0.25, 0.3) is 0 Å². The number of hydrogen-bond donors (Lipinski definition) is 1. The van der Waals surface area contributed by atoms with Crippen LogP contribution < -0.4 is 5.32 Å². The van der Waals surface area contributed by atoms with E-state index in [0.717, 1.165) is 19.4 Å². The minimum atomic E-state index is 0.243. The van der Waals surface area contributed by atoms with Crippen molar-refractivity contribution in [1.29, 1.82) is 0 Å². The van der Waals surface area contributed by atoms with E-state index in [4.69, 9.17) is 0 Å². The molecule has 0 heterocycles. The average molecular weight is 210 g/mol. The van der Waals surface area contributed by atoms with E-state index < -0.39 is 0 Å². The molecule has 1 amide bonds. The third-order valence-corrected chi connectivity index (χ3v) is 2.63. The summed E-state index contributed by atoms with van der Waals surface area (Å²) in [5, 5.41) is 3.07. The lowest BCUT2D eigenvalue weighted by Gasteiger charge is -2.22. The second-order valence-electron chi connectivity index (χ2n) is 4.09. The molecule has 1 saturated carbocycles. The molecule has 86 valence electrons. The van der Waals surface area contributed by atoms with E-state index >= 15 is 0 Å². The molecule has 15 heavy (non-hydrogen) atoms. The Bertz CT molecular complexity index is 212. The maximum Gasteiger partial charge on any atom is 0.236 e. The van der Waals surface area contributed by atoms with Gasteiger partial charge in [-0.25, -0.2) is 0 Å². The molecule has 1 fully saturated rings. The second-order valence-corrected chi connectivity index (χ2v) is 4.09. The molecule has 1 rings (SSSR count). The summed E-state index contributed by atoms with van der Waals surface area (Å²) >= 11 is 0. The van der Waals surface area contributed by atoms with Crippen LogP contribution in [-0.4, -0.2) is 36.5 Å². The first-order valence-electron chi connectivity index (χ1n) is 5.90. The highest BCUT2D eigenvalue weighted by Crippen LogP contribution is 2.26. The van der Waals surface area contributed by atoms with Crippen molar-refractivity contribution >= 4 is 5.91 Å². The zero-order chi connectivity index (χ0) is 11.1. The van der Waals surface area contributed by atoms with Gasteiger partial charge in [0.25, 0.3) is 0 Å². The Kier molecular flexibility index (Phi) is 5.40. The molecule has 0 unspecified atom stereocenters. The fourth-order valence-corrected chi connectivity index (χ4v) is 1.61. The Labute approximate surface area is 92.5 Å². The highest BCUT2D eigenvalue weighted by Gasteiger charge is 2.31. The number of carbonyl (C=O) groups excluding carboxylic acids is 1. The zero-order valence-corrected chi connectivity index (χ0v) is 9.67. The van der Waals surface area contributed by atoms with Gasteiger partial charge in [-0.3, -0.25) is 4.79 Å². The molecule has 0 radical (unpaired) electrons. The van der Waals surface area contributed by atoms with Crippen molar-refractivity contribution in [3.8, 4) is 0 Å². The second kappa shape index (κ2) is 6.62. The average Bonchev–Trinajstić information content (AvgIpc) is 3.03. The molecule has 0 saturated heterocycles. The molecule has 3 heteroatoms. The minimum absolute atomic E-state index is 0.243. The number of nitrogens with zero attached hydrogens (tertiary/aromatic N) is 1. The molecular weight excluding hydrogens is 188 g/mol. The Balaban J connectivity index is 2.27. The molecule has 3 nitrogen and oxygen atoms in total. The zero-order valence-electron chi connectivity index (χ0n) is 9.67. The number of hydrogen-bond acceptors (Lipinski definition) is 2. The lowest BCUT2D eigenvalue weighted by Crippen LogP contribution is -2.40. The van der Waals surface area contributed by atoms with Crippen molar-refractivity contribution in [1.82, 2.24) is 10.2 Å². The van der Waals surface area contributed by atoms with Crippen molar-refractivity contribution in [3.05, 3.63) is 12.7 Å². The molecule has 0 aromatic carbocycles. The third kappa shape index (κ3) is 4.47. The lowest BCUT2D eigenvalue weighted by molar-refractivity contribution is -0.130. The van der Waals surface area contributed by atoms with Gasteiger partial charge in [0.15, 0.2) is 0 Å². The van der Waals surface area contributed by atoms with E-state index in [2.05, 4.69) is 18.8 Å². The van der Waals surface area contributed by atoms with Crippen LogP contribution in [-0.2, 0) is 4.79 Å². The number of rotatable bonds is 8. The smallest absolute Gasteiger partial charge is 0.236 e. The van der Waals surface area contributed by atoms with Crippen molar-refractivity contribution in [3.63, 3.8) is 0 Å². The third-order valence-electron chi connectivity index (χ3n) is 2.63. The van der Waals surface area contributed by atoms with Gasteiger partial charge in [0.2, 0.25) is 5.91 Å². The van der Waals surface area contributed by atoms with E-state index in [1.807, 2.05) is 4.90 Å². The van der Waals surface area contributed by atoms with Crippen LogP contribution in [0.5, 0.6) is 0 Å². The van der Waals surface area contributed by atoms with E-state index in [1.54, 1.807) is 6.08 Å². The topological polar surface area (TPSA) is 32.3 Å². The fourth-order valence-electron chi connectivity index (χ4n) is 1.61. The summed E-state index contributed by atoms with van der Waals surface area (Å²) in [6.45, 7) is 7.85. The quantitative estimate of drug-likeness (QED) is 0.487. The number of unbranched alkanes of at least 4 members (excludes halogenated alkanes) is 1. The largest absolute Gasteiger partial charge is 0.339 e. The summed E-state index contributed by atoms with van der Waals surface area (Å²) in [7, 11) is 0. The maximum absolute atomic E-state index is 11.8. The molecule has 0 bridgehead atoms. The summed E-state index contributed by atoms with van der Waals surface area (Å²) in [5.41, 5.74) is 0. The number of nitrogens with one attached hydrogen (secondary N) is 1. The van der Waals surface area contributed by atoms with E-state index in [0.29, 0.717) is 19.1 Å². The van der Waals surface area contributed by atoms with Gasteiger partial charge in [-0.05, 0) is 19.3 Å². The first kappa shape index (κ1) is 12.2. The normalized spacial score (nSPS) is 15.0. The Hall–Kier alpha value is -0.830. The van der Waals surface area contributed by atoms with Crippen LogP contribution in [0, 0.1) is 0 Å². The van der Waals surface area contributed by atoms with Crippen molar-refractivity contribution in [2.45, 2.75) is 38.6 Å². The van der Waals surface area contributed by atoms with Gasteiger partial charge in [-0.2, -0.15) is 0 Å². The van der Waals surface area contributed by atoms with Gasteiger partial charge in [0, 0.05) is 19.1 Å². The number of amides is 1. The summed E-state index contributed by atoms with van der Waals surface area (Å²) < 4.78 is 0. The van der Waals surface area contributed by atoms with Crippen molar-refractivity contribution < 1.29 is 4.79 Å². The predicted molar refractivity (Wildman–Crippen MR) is 62.7 cm³/mol. The molecule has 0 aromatic rings. The molecule has 0 aromatic heterocycles. The van der Waals surface area contributed by atoms with Crippen LogP contribution >= 0.6 is 0 Å². The standard InChI is InChI=1S/C12H22N2O/c1-3-5-9-14(11-6-7-11)12(15)10-13-8-4-2/h4,11,13H,2-3,5-10H2,1H3. The molecule has 0 atom stereocenters.